The minimum atomic E-state index is -0.556. The van der Waals surface area contributed by atoms with Crippen LogP contribution in [-0.4, -0.2) is 53.0 Å². The van der Waals surface area contributed by atoms with Gasteiger partial charge in [-0.3, -0.25) is 9.78 Å². The lowest BCUT2D eigenvalue weighted by atomic mass is 10.3. The van der Waals surface area contributed by atoms with Gasteiger partial charge in [0.1, 0.15) is 11.9 Å². The summed E-state index contributed by atoms with van der Waals surface area (Å²) in [6.45, 7) is 3.38. The molecule has 1 N–H and O–H groups in total. The number of carbonyl (C=O) groups is 2. The van der Waals surface area contributed by atoms with Gasteiger partial charge in [0.15, 0.2) is 5.69 Å². The third kappa shape index (κ3) is 3.23. The first-order chi connectivity index (χ1) is 9.61. The van der Waals surface area contributed by atoms with Crippen molar-refractivity contribution in [3.8, 4) is 0 Å². The number of hydrogen-bond donors (Lipinski definition) is 1. The lowest BCUT2D eigenvalue weighted by Gasteiger charge is -2.21. The molecule has 1 fully saturated rings. The Balaban J connectivity index is 2.01. The third-order valence-corrected chi connectivity index (χ3v) is 3.18. The number of carbonyl (C=O) groups excluding carboxylic acids is 2. The van der Waals surface area contributed by atoms with Crippen molar-refractivity contribution in [2.24, 2.45) is 0 Å². The molecule has 1 atom stereocenters. The molecule has 20 heavy (non-hydrogen) atoms. The van der Waals surface area contributed by atoms with Crippen LogP contribution in [0.5, 0.6) is 0 Å². The van der Waals surface area contributed by atoms with Gasteiger partial charge in [0.2, 0.25) is 5.91 Å². The topological polar surface area (TPSA) is 84.4 Å². The number of methoxy groups -OCH3 is 1. The van der Waals surface area contributed by atoms with Crippen LogP contribution < -0.4 is 5.32 Å². The highest BCUT2D eigenvalue weighted by Gasteiger charge is 2.23. The molecule has 1 amide bonds. The van der Waals surface area contributed by atoms with Gasteiger partial charge in [0, 0.05) is 13.1 Å². The van der Waals surface area contributed by atoms with Crippen LogP contribution in [0.2, 0.25) is 0 Å². The third-order valence-electron chi connectivity index (χ3n) is 3.18. The summed E-state index contributed by atoms with van der Waals surface area (Å²) in [5.41, 5.74) is 0.110. The van der Waals surface area contributed by atoms with Gasteiger partial charge in [-0.2, -0.15) is 0 Å². The molecule has 1 saturated heterocycles. The van der Waals surface area contributed by atoms with Gasteiger partial charge in [-0.25, -0.2) is 9.78 Å². The SMILES string of the molecule is COC(=O)c1cncc(NC(C)C(=O)N2CCCC2)n1. The Hall–Kier alpha value is -2.18. The Kier molecular flexibility index (Phi) is 4.49. The Bertz CT molecular complexity index is 500. The zero-order chi connectivity index (χ0) is 14.5. The smallest absolute Gasteiger partial charge is 0.358 e. The van der Waals surface area contributed by atoms with Crippen LogP contribution in [0, 0.1) is 0 Å². The highest BCUT2D eigenvalue weighted by molar-refractivity contribution is 5.87. The average Bonchev–Trinajstić information content (AvgIpc) is 3.00. The van der Waals surface area contributed by atoms with E-state index in [1.165, 1.54) is 19.5 Å². The van der Waals surface area contributed by atoms with Crippen LogP contribution in [0.25, 0.3) is 0 Å². The summed E-state index contributed by atoms with van der Waals surface area (Å²) in [5.74, 6) is -0.139. The number of nitrogens with one attached hydrogen (secondary N) is 1. The summed E-state index contributed by atoms with van der Waals surface area (Å²) < 4.78 is 4.58. The second-order valence-electron chi connectivity index (χ2n) is 4.68. The van der Waals surface area contributed by atoms with Crippen molar-refractivity contribution in [1.82, 2.24) is 14.9 Å². The fraction of sp³-hybridized carbons (Fsp3) is 0.538. The van der Waals surface area contributed by atoms with E-state index in [0.717, 1.165) is 25.9 Å². The molecule has 0 aliphatic carbocycles. The molecule has 1 aliphatic rings. The first-order valence-electron chi connectivity index (χ1n) is 6.57. The van der Waals surface area contributed by atoms with E-state index >= 15 is 0 Å². The van der Waals surface area contributed by atoms with Gasteiger partial charge in [-0.1, -0.05) is 0 Å². The summed E-state index contributed by atoms with van der Waals surface area (Å²) in [6.07, 6.45) is 4.90. The van der Waals surface area contributed by atoms with Crippen molar-refractivity contribution in [3.05, 3.63) is 18.1 Å². The predicted octanol–water partition coefficient (Wildman–Crippen LogP) is 0.686. The first-order valence-corrected chi connectivity index (χ1v) is 6.57. The van der Waals surface area contributed by atoms with Crippen molar-refractivity contribution in [2.45, 2.75) is 25.8 Å². The monoisotopic (exact) mass is 278 g/mol. The summed E-state index contributed by atoms with van der Waals surface area (Å²) in [6, 6.07) is -0.407. The van der Waals surface area contributed by atoms with Crippen molar-refractivity contribution in [2.75, 3.05) is 25.5 Å². The second-order valence-corrected chi connectivity index (χ2v) is 4.68. The Labute approximate surface area is 117 Å². The number of esters is 1. The molecule has 7 nitrogen and oxygen atoms in total. The molecule has 1 aliphatic heterocycles. The maximum Gasteiger partial charge on any atom is 0.358 e. The van der Waals surface area contributed by atoms with Crippen LogP contribution in [0.3, 0.4) is 0 Å². The molecule has 1 aromatic heterocycles. The second kappa shape index (κ2) is 6.31. The zero-order valence-corrected chi connectivity index (χ0v) is 11.6. The molecule has 0 radical (unpaired) electrons. The summed E-state index contributed by atoms with van der Waals surface area (Å²) >= 11 is 0. The van der Waals surface area contributed by atoms with E-state index in [9.17, 15) is 9.59 Å². The number of likely N-dealkylation sites (tertiary alicyclic amines) is 1. The standard InChI is InChI=1S/C13H18N4O3/c1-9(12(18)17-5-3-4-6-17)15-11-8-14-7-10(16-11)13(19)20-2/h7-9H,3-6H2,1-2H3,(H,15,16). The van der Waals surface area contributed by atoms with Crippen molar-refractivity contribution in [1.29, 1.82) is 0 Å². The molecule has 1 aromatic rings. The van der Waals surface area contributed by atoms with Gasteiger partial charge in [0.05, 0.1) is 19.5 Å². The summed E-state index contributed by atoms with van der Waals surface area (Å²) in [7, 11) is 1.28. The largest absolute Gasteiger partial charge is 0.464 e. The molecule has 7 heteroatoms. The molecular formula is C13H18N4O3. The molecular weight excluding hydrogens is 260 g/mol. The van der Waals surface area contributed by atoms with E-state index in [1.807, 2.05) is 4.90 Å². The van der Waals surface area contributed by atoms with Gasteiger partial charge in [-0.15, -0.1) is 0 Å². The van der Waals surface area contributed by atoms with E-state index in [1.54, 1.807) is 6.92 Å². The van der Waals surface area contributed by atoms with Crippen molar-refractivity contribution >= 4 is 17.7 Å². The Morgan fingerprint density at radius 2 is 2.05 bits per heavy atom. The van der Waals surface area contributed by atoms with Crippen molar-refractivity contribution in [3.63, 3.8) is 0 Å². The minimum absolute atomic E-state index is 0.0350. The number of nitrogens with zero attached hydrogens (tertiary/aromatic N) is 3. The molecule has 1 unspecified atom stereocenters. The summed E-state index contributed by atoms with van der Waals surface area (Å²) in [4.78, 5) is 33.3. The number of ether oxygens (including phenoxy) is 1. The Morgan fingerprint density at radius 1 is 1.35 bits per heavy atom. The zero-order valence-electron chi connectivity index (χ0n) is 11.6. The minimum Gasteiger partial charge on any atom is -0.464 e. The van der Waals surface area contributed by atoms with Crippen molar-refractivity contribution < 1.29 is 14.3 Å². The normalized spacial score (nSPS) is 15.8. The fourth-order valence-electron chi connectivity index (χ4n) is 2.13. The highest BCUT2D eigenvalue weighted by atomic mass is 16.5. The summed E-state index contributed by atoms with van der Waals surface area (Å²) in [5, 5.41) is 2.97. The number of amides is 1. The van der Waals surface area contributed by atoms with Gasteiger partial charge in [0.25, 0.3) is 0 Å². The van der Waals surface area contributed by atoms with Gasteiger partial charge in [-0.05, 0) is 19.8 Å². The lowest BCUT2D eigenvalue weighted by Crippen LogP contribution is -2.39. The quantitative estimate of drug-likeness (QED) is 0.816. The van der Waals surface area contributed by atoms with E-state index in [-0.39, 0.29) is 11.6 Å². The number of aromatic nitrogens is 2. The van der Waals surface area contributed by atoms with Crippen LogP contribution in [-0.2, 0) is 9.53 Å². The predicted molar refractivity (Wildman–Crippen MR) is 72.3 cm³/mol. The van der Waals surface area contributed by atoms with E-state index in [2.05, 4.69) is 20.0 Å². The molecule has 2 rings (SSSR count). The molecule has 0 spiro atoms. The maximum absolute atomic E-state index is 12.1. The number of rotatable bonds is 4. The van der Waals surface area contributed by atoms with Gasteiger partial charge >= 0.3 is 5.97 Å². The fourth-order valence-corrected chi connectivity index (χ4v) is 2.13. The number of hydrogen-bond acceptors (Lipinski definition) is 6. The van der Waals surface area contributed by atoms with E-state index in [4.69, 9.17) is 0 Å². The maximum atomic E-state index is 12.1. The molecule has 0 bridgehead atoms. The molecule has 0 saturated carbocycles. The first kappa shape index (κ1) is 14.2. The van der Waals surface area contributed by atoms with Crippen LogP contribution in [0.1, 0.15) is 30.3 Å². The highest BCUT2D eigenvalue weighted by Crippen LogP contribution is 2.11. The van der Waals surface area contributed by atoms with Crippen LogP contribution >= 0.6 is 0 Å². The van der Waals surface area contributed by atoms with Crippen LogP contribution in [0.4, 0.5) is 5.82 Å². The van der Waals surface area contributed by atoms with Gasteiger partial charge < -0.3 is 15.0 Å². The lowest BCUT2D eigenvalue weighted by molar-refractivity contribution is -0.130. The molecule has 0 aromatic carbocycles. The van der Waals surface area contributed by atoms with E-state index < -0.39 is 12.0 Å². The van der Waals surface area contributed by atoms with E-state index in [0.29, 0.717) is 5.82 Å². The van der Waals surface area contributed by atoms with Crippen LogP contribution in [0.15, 0.2) is 12.4 Å². The average molecular weight is 278 g/mol. The Morgan fingerprint density at radius 3 is 2.70 bits per heavy atom. The molecule has 108 valence electrons. The number of anilines is 1. The molecule has 2 heterocycles.